The zero-order valence-electron chi connectivity index (χ0n) is 18.3. The van der Waals surface area contributed by atoms with Crippen LogP contribution in [-0.4, -0.2) is 57.3 Å². The lowest BCUT2D eigenvalue weighted by atomic mass is 9.99. The molecule has 8 nitrogen and oxygen atoms in total. The van der Waals surface area contributed by atoms with Crippen molar-refractivity contribution in [2.24, 2.45) is 0 Å². The lowest BCUT2D eigenvalue weighted by molar-refractivity contribution is 0.0381. The van der Waals surface area contributed by atoms with E-state index in [0.29, 0.717) is 49.4 Å². The molecule has 3 aromatic rings. The van der Waals surface area contributed by atoms with Gasteiger partial charge in [-0.2, -0.15) is 0 Å². The van der Waals surface area contributed by atoms with Crippen molar-refractivity contribution in [3.63, 3.8) is 0 Å². The molecule has 32 heavy (non-hydrogen) atoms. The van der Waals surface area contributed by atoms with E-state index in [-0.39, 0.29) is 18.0 Å². The molecule has 2 aliphatic heterocycles. The summed E-state index contributed by atoms with van der Waals surface area (Å²) < 4.78 is 20.4. The van der Waals surface area contributed by atoms with E-state index in [1.807, 2.05) is 6.20 Å². The molecule has 1 saturated heterocycles. The quantitative estimate of drug-likeness (QED) is 0.618. The predicted molar refractivity (Wildman–Crippen MR) is 119 cm³/mol. The van der Waals surface area contributed by atoms with Crippen LogP contribution in [-0.2, 0) is 11.2 Å². The highest BCUT2D eigenvalue weighted by Gasteiger charge is 2.28. The highest BCUT2D eigenvalue weighted by atomic mass is 19.1. The van der Waals surface area contributed by atoms with E-state index in [1.54, 1.807) is 18.5 Å². The molecular formula is C23H26FN7O. The highest BCUT2D eigenvalue weighted by molar-refractivity contribution is 5.53. The summed E-state index contributed by atoms with van der Waals surface area (Å²) in [7, 11) is 0. The van der Waals surface area contributed by atoms with Crippen molar-refractivity contribution < 1.29 is 9.13 Å². The minimum atomic E-state index is -0.282. The van der Waals surface area contributed by atoms with E-state index >= 15 is 0 Å². The summed E-state index contributed by atoms with van der Waals surface area (Å²) in [6.45, 7) is 6.93. The molecule has 0 bridgehead atoms. The number of halogens is 1. The van der Waals surface area contributed by atoms with Crippen molar-refractivity contribution in [2.45, 2.75) is 38.8 Å². The van der Waals surface area contributed by atoms with Crippen molar-refractivity contribution in [1.29, 1.82) is 0 Å². The first kappa shape index (κ1) is 20.7. The zero-order valence-corrected chi connectivity index (χ0v) is 18.3. The average Bonchev–Trinajstić information content (AvgIpc) is 2.84. The Morgan fingerprint density at radius 2 is 1.88 bits per heavy atom. The van der Waals surface area contributed by atoms with Crippen LogP contribution < -0.4 is 9.80 Å². The number of aromatic nitrogens is 5. The second kappa shape index (κ2) is 8.74. The first-order valence-corrected chi connectivity index (χ1v) is 11.1. The van der Waals surface area contributed by atoms with E-state index in [1.165, 1.54) is 12.1 Å². The minimum absolute atomic E-state index is 0.0280. The molecule has 0 N–H and O–H groups in total. The first-order valence-electron chi connectivity index (χ1n) is 11.1. The average molecular weight is 436 g/mol. The maximum Gasteiger partial charge on any atom is 0.197 e. The topological polar surface area (TPSA) is 80.2 Å². The van der Waals surface area contributed by atoms with Crippen LogP contribution in [0.3, 0.4) is 0 Å². The van der Waals surface area contributed by atoms with Crippen molar-refractivity contribution in [3.8, 4) is 11.6 Å². The van der Waals surface area contributed by atoms with Gasteiger partial charge < -0.3 is 14.5 Å². The monoisotopic (exact) mass is 435 g/mol. The van der Waals surface area contributed by atoms with Gasteiger partial charge >= 0.3 is 0 Å². The number of rotatable bonds is 4. The fourth-order valence-corrected chi connectivity index (χ4v) is 4.35. The maximum atomic E-state index is 14.6. The van der Waals surface area contributed by atoms with Crippen LogP contribution in [0.2, 0.25) is 0 Å². The number of hydrogen-bond acceptors (Lipinski definition) is 8. The lowest BCUT2D eigenvalue weighted by Crippen LogP contribution is -2.43. The van der Waals surface area contributed by atoms with Crippen LogP contribution in [0.5, 0.6) is 0 Å². The van der Waals surface area contributed by atoms with E-state index in [2.05, 4.69) is 38.6 Å². The number of pyridine rings is 1. The molecule has 166 valence electrons. The minimum Gasteiger partial charge on any atom is -0.375 e. The van der Waals surface area contributed by atoms with Gasteiger partial charge in [0, 0.05) is 62.3 Å². The molecule has 2 atom stereocenters. The number of hydrogen-bond donors (Lipinski definition) is 0. The number of fused-ring (bicyclic) bond motifs is 1. The molecule has 2 unspecified atom stereocenters. The molecule has 1 fully saturated rings. The normalized spacial score (nSPS) is 20.8. The standard InChI is InChI=1S/C23H26FN7O/c1-3-17-14-30(9-10-32-17)20-11-16(24)12-21(29-20)31-8-5-19-18(15(31)2)13-27-23(28-19)22-25-6-4-7-26-22/h4,6-7,11-13,15,17H,3,5,8-10,14H2,1-2H3. The van der Waals surface area contributed by atoms with E-state index in [4.69, 9.17) is 14.7 Å². The third-order valence-electron chi connectivity index (χ3n) is 6.15. The molecule has 0 amide bonds. The van der Waals surface area contributed by atoms with Crippen molar-refractivity contribution in [2.75, 3.05) is 36.0 Å². The number of ether oxygens (including phenoxy) is 1. The van der Waals surface area contributed by atoms with Gasteiger partial charge in [0.1, 0.15) is 17.5 Å². The predicted octanol–water partition coefficient (Wildman–Crippen LogP) is 3.21. The summed E-state index contributed by atoms with van der Waals surface area (Å²) in [4.78, 5) is 26.7. The molecular weight excluding hydrogens is 409 g/mol. The number of anilines is 2. The summed E-state index contributed by atoms with van der Waals surface area (Å²) in [5, 5.41) is 0. The van der Waals surface area contributed by atoms with Gasteiger partial charge in [0.25, 0.3) is 0 Å². The van der Waals surface area contributed by atoms with Crippen LogP contribution in [0.15, 0.2) is 36.8 Å². The summed E-state index contributed by atoms with van der Waals surface area (Å²) in [5.41, 5.74) is 1.99. The molecule has 9 heteroatoms. The fourth-order valence-electron chi connectivity index (χ4n) is 4.35. The number of nitrogens with zero attached hydrogens (tertiary/aromatic N) is 7. The Kier molecular flexibility index (Phi) is 5.65. The second-order valence-corrected chi connectivity index (χ2v) is 8.14. The van der Waals surface area contributed by atoms with Gasteiger partial charge in [-0.15, -0.1) is 0 Å². The van der Waals surface area contributed by atoms with Crippen molar-refractivity contribution >= 4 is 11.6 Å². The fraction of sp³-hybridized carbons (Fsp3) is 0.435. The zero-order chi connectivity index (χ0) is 22.1. The van der Waals surface area contributed by atoms with E-state index in [9.17, 15) is 4.39 Å². The molecule has 3 aromatic heterocycles. The molecule has 0 saturated carbocycles. The van der Waals surface area contributed by atoms with E-state index in [0.717, 1.165) is 24.2 Å². The summed E-state index contributed by atoms with van der Waals surface area (Å²) in [6.07, 6.45) is 6.98. The van der Waals surface area contributed by atoms with Crippen LogP contribution in [0.25, 0.3) is 11.6 Å². The SMILES string of the molecule is CCC1CN(c2cc(F)cc(N3CCc4nc(-c5ncccn5)ncc4C3C)n2)CCO1. The van der Waals surface area contributed by atoms with Crippen molar-refractivity contribution in [1.82, 2.24) is 24.9 Å². The molecule has 0 aromatic carbocycles. The Balaban J connectivity index is 1.41. The Labute approximate surface area is 186 Å². The second-order valence-electron chi connectivity index (χ2n) is 8.14. The van der Waals surface area contributed by atoms with Gasteiger partial charge in [-0.25, -0.2) is 29.3 Å². The largest absolute Gasteiger partial charge is 0.375 e. The van der Waals surface area contributed by atoms with Gasteiger partial charge in [0.05, 0.1) is 24.4 Å². The molecule has 5 rings (SSSR count). The smallest absolute Gasteiger partial charge is 0.197 e. The molecule has 5 heterocycles. The van der Waals surface area contributed by atoms with Gasteiger partial charge in [0.15, 0.2) is 11.6 Å². The van der Waals surface area contributed by atoms with E-state index < -0.39 is 0 Å². The molecule has 0 spiro atoms. The Morgan fingerprint density at radius 1 is 1.06 bits per heavy atom. The Hall–Kier alpha value is -3.20. The molecule has 0 aliphatic carbocycles. The highest BCUT2D eigenvalue weighted by Crippen LogP contribution is 2.33. The number of morpholine rings is 1. The third-order valence-corrected chi connectivity index (χ3v) is 6.15. The van der Waals surface area contributed by atoms with Crippen LogP contribution in [0.1, 0.15) is 37.6 Å². The lowest BCUT2D eigenvalue weighted by Gasteiger charge is -2.37. The summed E-state index contributed by atoms with van der Waals surface area (Å²) >= 11 is 0. The summed E-state index contributed by atoms with van der Waals surface area (Å²) in [6, 6.07) is 4.76. The summed E-state index contributed by atoms with van der Waals surface area (Å²) in [5.74, 6) is 2.04. The van der Waals surface area contributed by atoms with Gasteiger partial charge in [-0.3, -0.25) is 0 Å². The van der Waals surface area contributed by atoms with Gasteiger partial charge in [-0.1, -0.05) is 6.92 Å². The van der Waals surface area contributed by atoms with Crippen molar-refractivity contribution in [3.05, 3.63) is 53.9 Å². The molecule has 0 radical (unpaired) electrons. The Bertz CT molecular complexity index is 1100. The first-order chi connectivity index (χ1) is 15.6. The van der Waals surface area contributed by atoms with Crippen LogP contribution >= 0.6 is 0 Å². The molecule has 2 aliphatic rings. The van der Waals surface area contributed by atoms with Crippen LogP contribution in [0, 0.1) is 5.82 Å². The van der Waals surface area contributed by atoms with Gasteiger partial charge in [0.2, 0.25) is 0 Å². The third kappa shape index (κ3) is 4.00. The van der Waals surface area contributed by atoms with Gasteiger partial charge in [-0.05, 0) is 19.4 Å². The Morgan fingerprint density at radius 3 is 2.69 bits per heavy atom. The maximum absolute atomic E-state index is 14.6. The van der Waals surface area contributed by atoms with Crippen LogP contribution in [0.4, 0.5) is 16.0 Å².